The van der Waals surface area contributed by atoms with E-state index in [1.54, 1.807) is 0 Å². The highest BCUT2D eigenvalue weighted by atomic mass is 16.3. The summed E-state index contributed by atoms with van der Waals surface area (Å²) in [6, 6.07) is 62.9. The lowest BCUT2D eigenvalue weighted by Crippen LogP contribution is -2.09. The number of fused-ring (bicyclic) bond motifs is 5. The number of hydrogen-bond acceptors (Lipinski definition) is 2. The zero-order chi connectivity index (χ0) is 30.5. The molecule has 216 valence electrons. The Morgan fingerprint density at radius 3 is 1.48 bits per heavy atom. The lowest BCUT2D eigenvalue weighted by Gasteiger charge is -2.26. The average Bonchev–Trinajstić information content (AvgIpc) is 3.50. The van der Waals surface area contributed by atoms with Gasteiger partial charge in [-0.15, -0.1) is 0 Å². The summed E-state index contributed by atoms with van der Waals surface area (Å²) in [5.74, 6) is 0. The first kappa shape index (κ1) is 26.3. The third kappa shape index (κ3) is 4.60. The molecule has 1 aromatic heterocycles. The van der Waals surface area contributed by atoms with Gasteiger partial charge in [0, 0.05) is 27.8 Å². The second kappa shape index (κ2) is 10.8. The molecule has 0 atom stereocenters. The maximum atomic E-state index is 6.07. The van der Waals surface area contributed by atoms with Gasteiger partial charge in [-0.25, -0.2) is 0 Å². The van der Waals surface area contributed by atoms with Crippen LogP contribution in [0, 0.1) is 0 Å². The van der Waals surface area contributed by atoms with Gasteiger partial charge in [0.1, 0.15) is 11.2 Å². The van der Waals surface area contributed by atoms with E-state index in [0.29, 0.717) is 0 Å². The van der Waals surface area contributed by atoms with E-state index in [-0.39, 0.29) is 0 Å². The molecule has 0 aliphatic rings. The number of furan rings is 1. The third-order valence-electron chi connectivity index (χ3n) is 9.04. The Labute approximate surface area is 267 Å². The summed E-state index contributed by atoms with van der Waals surface area (Å²) in [7, 11) is 0. The Morgan fingerprint density at radius 2 is 0.783 bits per heavy atom. The van der Waals surface area contributed by atoms with Gasteiger partial charge in [-0.2, -0.15) is 0 Å². The standard InChI is InChI=1S/C44H29NO/c1-3-9-34-27-36(14-13-30(34)7-1)32-15-21-38(22-16-32)45(40-25-19-31-8-2-4-10-35(31)28-40)39-23-17-33(18-24-39)37-20-26-44-42(29-37)41-11-5-6-12-43(41)46-44/h1-29H. The van der Waals surface area contributed by atoms with Crippen molar-refractivity contribution in [3.8, 4) is 22.3 Å². The molecule has 0 bridgehead atoms. The fraction of sp³-hybridized carbons (Fsp3) is 0. The van der Waals surface area contributed by atoms with E-state index in [1.165, 1.54) is 43.8 Å². The molecule has 2 nitrogen and oxygen atoms in total. The average molecular weight is 588 g/mol. The topological polar surface area (TPSA) is 16.4 Å². The number of nitrogens with zero attached hydrogens (tertiary/aromatic N) is 1. The minimum atomic E-state index is 0.913. The molecule has 0 amide bonds. The van der Waals surface area contributed by atoms with E-state index >= 15 is 0 Å². The number of hydrogen-bond donors (Lipinski definition) is 0. The number of benzene rings is 8. The van der Waals surface area contributed by atoms with Gasteiger partial charge in [-0.3, -0.25) is 0 Å². The second-order valence-corrected chi connectivity index (χ2v) is 11.8. The Morgan fingerprint density at radius 1 is 0.304 bits per heavy atom. The molecule has 0 aliphatic heterocycles. The summed E-state index contributed by atoms with van der Waals surface area (Å²) in [5.41, 5.74) is 9.92. The molecule has 8 aromatic carbocycles. The molecule has 2 heteroatoms. The van der Waals surface area contributed by atoms with Crippen molar-refractivity contribution in [3.63, 3.8) is 0 Å². The summed E-state index contributed by atoms with van der Waals surface area (Å²) >= 11 is 0. The van der Waals surface area contributed by atoms with Gasteiger partial charge in [0.25, 0.3) is 0 Å². The summed E-state index contributed by atoms with van der Waals surface area (Å²) in [6.45, 7) is 0. The Balaban J connectivity index is 1.11. The Kier molecular flexibility index (Phi) is 6.17. The van der Waals surface area contributed by atoms with E-state index in [4.69, 9.17) is 4.42 Å². The maximum absolute atomic E-state index is 6.07. The highest BCUT2D eigenvalue weighted by molar-refractivity contribution is 6.06. The second-order valence-electron chi connectivity index (χ2n) is 11.8. The fourth-order valence-electron chi connectivity index (χ4n) is 6.64. The smallest absolute Gasteiger partial charge is 0.135 e. The molecule has 46 heavy (non-hydrogen) atoms. The minimum absolute atomic E-state index is 0.913. The van der Waals surface area contributed by atoms with E-state index in [9.17, 15) is 0 Å². The first-order valence-electron chi connectivity index (χ1n) is 15.7. The molecule has 0 unspecified atom stereocenters. The van der Waals surface area contributed by atoms with E-state index in [2.05, 4.69) is 169 Å². The highest BCUT2D eigenvalue weighted by Crippen LogP contribution is 2.39. The van der Waals surface area contributed by atoms with Crippen LogP contribution < -0.4 is 4.90 Å². The van der Waals surface area contributed by atoms with Gasteiger partial charge >= 0.3 is 0 Å². The zero-order valence-corrected chi connectivity index (χ0v) is 25.1. The zero-order valence-electron chi connectivity index (χ0n) is 25.1. The summed E-state index contributed by atoms with van der Waals surface area (Å²) in [4.78, 5) is 2.34. The van der Waals surface area contributed by atoms with Gasteiger partial charge in [0.2, 0.25) is 0 Å². The summed E-state index contributed by atoms with van der Waals surface area (Å²) in [5, 5.41) is 7.24. The van der Waals surface area contributed by atoms with Crippen LogP contribution in [-0.2, 0) is 0 Å². The molecular formula is C44H29NO. The van der Waals surface area contributed by atoms with Crippen molar-refractivity contribution >= 4 is 60.5 Å². The number of rotatable bonds is 5. The predicted octanol–water partition coefficient (Wildman–Crippen LogP) is 12.7. The van der Waals surface area contributed by atoms with Crippen molar-refractivity contribution in [1.29, 1.82) is 0 Å². The van der Waals surface area contributed by atoms with Crippen LogP contribution in [0.25, 0.3) is 65.7 Å². The van der Waals surface area contributed by atoms with Gasteiger partial charge < -0.3 is 9.32 Å². The summed E-state index contributed by atoms with van der Waals surface area (Å²) in [6.07, 6.45) is 0. The van der Waals surface area contributed by atoms with E-state index < -0.39 is 0 Å². The first-order chi connectivity index (χ1) is 22.8. The number of para-hydroxylation sites is 1. The van der Waals surface area contributed by atoms with Gasteiger partial charge in [0.15, 0.2) is 0 Å². The van der Waals surface area contributed by atoms with Crippen molar-refractivity contribution in [1.82, 2.24) is 0 Å². The lowest BCUT2D eigenvalue weighted by molar-refractivity contribution is 0.669. The Hall–Kier alpha value is -6.12. The van der Waals surface area contributed by atoms with Crippen molar-refractivity contribution in [2.45, 2.75) is 0 Å². The molecular weight excluding hydrogens is 558 g/mol. The normalized spacial score (nSPS) is 11.5. The molecule has 9 rings (SSSR count). The molecule has 1 heterocycles. The molecule has 0 saturated carbocycles. The molecule has 0 saturated heterocycles. The monoisotopic (exact) mass is 587 g/mol. The Bertz CT molecular complexity index is 2520. The summed E-state index contributed by atoms with van der Waals surface area (Å²) < 4.78 is 6.07. The molecule has 0 spiro atoms. The molecule has 0 aliphatic carbocycles. The van der Waals surface area contributed by atoms with E-state index in [1.807, 2.05) is 12.1 Å². The number of anilines is 3. The van der Waals surface area contributed by atoms with Gasteiger partial charge in [-0.05, 0) is 104 Å². The molecule has 0 N–H and O–H groups in total. The third-order valence-corrected chi connectivity index (χ3v) is 9.04. The minimum Gasteiger partial charge on any atom is -0.456 e. The largest absolute Gasteiger partial charge is 0.456 e. The van der Waals surface area contributed by atoms with Gasteiger partial charge in [-0.1, -0.05) is 115 Å². The molecule has 9 aromatic rings. The van der Waals surface area contributed by atoms with Crippen LogP contribution in [0.5, 0.6) is 0 Å². The van der Waals surface area contributed by atoms with Crippen LogP contribution in [0.1, 0.15) is 0 Å². The van der Waals surface area contributed by atoms with E-state index in [0.717, 1.165) is 39.0 Å². The quantitative estimate of drug-likeness (QED) is 0.199. The molecule has 0 radical (unpaired) electrons. The van der Waals surface area contributed by atoms with Crippen LogP contribution in [-0.4, -0.2) is 0 Å². The van der Waals surface area contributed by atoms with Crippen molar-refractivity contribution < 1.29 is 4.42 Å². The van der Waals surface area contributed by atoms with Crippen LogP contribution in [0.3, 0.4) is 0 Å². The highest BCUT2D eigenvalue weighted by Gasteiger charge is 2.15. The lowest BCUT2D eigenvalue weighted by atomic mass is 10.0. The van der Waals surface area contributed by atoms with Gasteiger partial charge in [0.05, 0.1) is 0 Å². The van der Waals surface area contributed by atoms with Crippen molar-refractivity contribution in [3.05, 3.63) is 176 Å². The molecule has 0 fully saturated rings. The van der Waals surface area contributed by atoms with Crippen LogP contribution in [0.2, 0.25) is 0 Å². The van der Waals surface area contributed by atoms with Crippen LogP contribution in [0.15, 0.2) is 180 Å². The maximum Gasteiger partial charge on any atom is 0.135 e. The SMILES string of the molecule is c1ccc2cc(-c3ccc(N(c4ccc(-c5ccc6oc7ccccc7c6c5)cc4)c4ccc5ccccc5c4)cc3)ccc2c1. The van der Waals surface area contributed by atoms with Crippen molar-refractivity contribution in [2.24, 2.45) is 0 Å². The van der Waals surface area contributed by atoms with Crippen LogP contribution >= 0.6 is 0 Å². The van der Waals surface area contributed by atoms with Crippen LogP contribution in [0.4, 0.5) is 17.1 Å². The fourth-order valence-corrected chi connectivity index (χ4v) is 6.64. The first-order valence-corrected chi connectivity index (χ1v) is 15.7. The van der Waals surface area contributed by atoms with Crippen molar-refractivity contribution in [2.75, 3.05) is 4.90 Å². The predicted molar refractivity (Wildman–Crippen MR) is 194 cm³/mol.